The van der Waals surface area contributed by atoms with Gasteiger partial charge >= 0.3 is 0 Å². The summed E-state index contributed by atoms with van der Waals surface area (Å²) in [7, 11) is 0. The maximum Gasteiger partial charge on any atom is 0.289 e. The number of rotatable bonds is 5. The lowest BCUT2D eigenvalue weighted by Crippen LogP contribution is -2.30. The van der Waals surface area contributed by atoms with Crippen molar-refractivity contribution in [3.63, 3.8) is 0 Å². The first-order valence-electron chi connectivity index (χ1n) is 7.22. The van der Waals surface area contributed by atoms with Crippen molar-refractivity contribution < 1.29 is 19.1 Å². The van der Waals surface area contributed by atoms with Gasteiger partial charge in [0.2, 0.25) is 0 Å². The second-order valence-electron chi connectivity index (χ2n) is 5.04. The summed E-state index contributed by atoms with van der Waals surface area (Å²) < 4.78 is 12.3. The molecule has 0 fully saturated rings. The predicted molar refractivity (Wildman–Crippen MR) is 74.8 cm³/mol. The molecule has 0 saturated carbocycles. The van der Waals surface area contributed by atoms with Crippen LogP contribution in [0.1, 0.15) is 28.4 Å². The molecule has 0 unspecified atom stereocenters. The van der Waals surface area contributed by atoms with Gasteiger partial charge in [0.1, 0.15) is 5.69 Å². The zero-order valence-corrected chi connectivity index (χ0v) is 12.1. The van der Waals surface area contributed by atoms with E-state index in [0.717, 1.165) is 12.1 Å². The molecule has 22 heavy (non-hydrogen) atoms. The van der Waals surface area contributed by atoms with Crippen molar-refractivity contribution in [3.05, 3.63) is 35.5 Å². The van der Waals surface area contributed by atoms with E-state index in [4.69, 9.17) is 14.3 Å². The van der Waals surface area contributed by atoms with Crippen LogP contribution in [0.15, 0.2) is 22.8 Å². The Morgan fingerprint density at radius 2 is 2.36 bits per heavy atom. The molecule has 118 valence electrons. The van der Waals surface area contributed by atoms with Crippen molar-refractivity contribution in [1.82, 2.24) is 19.9 Å². The molecule has 2 aromatic rings. The molecule has 0 spiro atoms. The highest BCUT2D eigenvalue weighted by Gasteiger charge is 2.25. The second-order valence-corrected chi connectivity index (χ2v) is 5.04. The number of aliphatic hydroxyl groups excluding tert-OH is 1. The first-order valence-corrected chi connectivity index (χ1v) is 7.22. The topological polar surface area (TPSA) is 93.6 Å². The molecule has 0 radical (unpaired) electrons. The Balaban J connectivity index is 1.76. The van der Waals surface area contributed by atoms with Crippen LogP contribution in [0.25, 0.3) is 0 Å². The molecule has 8 heteroatoms. The third kappa shape index (κ3) is 3.02. The Hall–Kier alpha value is -2.19. The summed E-state index contributed by atoms with van der Waals surface area (Å²) >= 11 is 0. The monoisotopic (exact) mass is 306 g/mol. The molecule has 0 bridgehead atoms. The summed E-state index contributed by atoms with van der Waals surface area (Å²) in [4.78, 5) is 14.2. The number of furan rings is 1. The van der Waals surface area contributed by atoms with Crippen LogP contribution >= 0.6 is 0 Å². The van der Waals surface area contributed by atoms with Crippen molar-refractivity contribution in [1.29, 1.82) is 0 Å². The van der Waals surface area contributed by atoms with Gasteiger partial charge in [0.15, 0.2) is 5.76 Å². The average molecular weight is 306 g/mol. The fourth-order valence-corrected chi connectivity index (χ4v) is 2.47. The molecule has 0 atom stereocenters. The fourth-order valence-electron chi connectivity index (χ4n) is 2.47. The van der Waals surface area contributed by atoms with E-state index in [1.54, 1.807) is 17.0 Å². The molecule has 3 rings (SSSR count). The van der Waals surface area contributed by atoms with Crippen LogP contribution in [0.2, 0.25) is 0 Å². The third-order valence-corrected chi connectivity index (χ3v) is 3.55. The van der Waals surface area contributed by atoms with E-state index in [0.29, 0.717) is 31.1 Å². The second kappa shape index (κ2) is 6.71. The first kappa shape index (κ1) is 14.7. The number of hydrogen-bond donors (Lipinski definition) is 1. The summed E-state index contributed by atoms with van der Waals surface area (Å²) in [6.07, 6.45) is 2.30. The molecule has 3 heterocycles. The Labute approximate surface area is 127 Å². The maximum atomic E-state index is 12.4. The van der Waals surface area contributed by atoms with Gasteiger partial charge in [0, 0.05) is 13.1 Å². The van der Waals surface area contributed by atoms with Crippen molar-refractivity contribution >= 4 is 5.91 Å². The molecule has 0 saturated heterocycles. The average Bonchev–Trinajstić information content (AvgIpc) is 3.13. The minimum absolute atomic E-state index is 0.0351. The number of aryl methyl sites for hydroxylation is 1. The van der Waals surface area contributed by atoms with Crippen molar-refractivity contribution in [2.75, 3.05) is 19.8 Å². The molecule has 1 aliphatic heterocycles. The van der Waals surface area contributed by atoms with E-state index in [9.17, 15) is 4.79 Å². The number of nitrogens with zero attached hydrogens (tertiary/aromatic N) is 4. The number of aromatic nitrogens is 3. The van der Waals surface area contributed by atoms with Gasteiger partial charge in [0.25, 0.3) is 5.91 Å². The number of carbonyl (C=O) groups excluding carboxylic acids is 1. The van der Waals surface area contributed by atoms with E-state index in [1.165, 1.54) is 6.26 Å². The highest BCUT2D eigenvalue weighted by atomic mass is 16.5. The lowest BCUT2D eigenvalue weighted by Gasteiger charge is -2.19. The molecule has 1 N–H and O–H groups in total. The fraction of sp³-hybridized carbons (Fsp3) is 0.500. The summed E-state index contributed by atoms with van der Waals surface area (Å²) in [5.41, 5.74) is 1.57. The molecular formula is C14H18N4O4. The summed E-state index contributed by atoms with van der Waals surface area (Å²) in [6.45, 7) is 2.26. The summed E-state index contributed by atoms with van der Waals surface area (Å²) in [6, 6.07) is 3.36. The molecule has 8 nitrogen and oxygen atoms in total. The standard InChI is InChI=1S/C14H18N4O4/c19-6-8-21-10-11-12-9-17(4-2-5-18(12)16-15-11)14(20)13-3-1-7-22-13/h1,3,7,19H,2,4-6,8-10H2. The highest BCUT2D eigenvalue weighted by molar-refractivity contribution is 5.91. The smallest absolute Gasteiger partial charge is 0.289 e. The van der Waals surface area contributed by atoms with Gasteiger partial charge in [-0.2, -0.15) is 0 Å². The lowest BCUT2D eigenvalue weighted by molar-refractivity contribution is 0.0701. The number of amides is 1. The predicted octanol–water partition coefficient (Wildman–Crippen LogP) is 0.426. The van der Waals surface area contributed by atoms with Crippen LogP contribution in [-0.4, -0.2) is 50.7 Å². The largest absolute Gasteiger partial charge is 0.459 e. The van der Waals surface area contributed by atoms with Crippen LogP contribution in [0, 0.1) is 0 Å². The van der Waals surface area contributed by atoms with Gasteiger partial charge in [-0.3, -0.25) is 4.79 Å². The van der Waals surface area contributed by atoms with Crippen LogP contribution in [0.3, 0.4) is 0 Å². The van der Waals surface area contributed by atoms with E-state index in [2.05, 4.69) is 10.3 Å². The zero-order chi connectivity index (χ0) is 15.4. The van der Waals surface area contributed by atoms with E-state index in [1.807, 2.05) is 4.68 Å². The number of fused-ring (bicyclic) bond motifs is 1. The van der Waals surface area contributed by atoms with Gasteiger partial charge in [-0.05, 0) is 18.6 Å². The van der Waals surface area contributed by atoms with Gasteiger partial charge < -0.3 is 19.2 Å². The van der Waals surface area contributed by atoms with E-state index >= 15 is 0 Å². The van der Waals surface area contributed by atoms with Crippen molar-refractivity contribution in [3.8, 4) is 0 Å². The molecule has 2 aromatic heterocycles. The van der Waals surface area contributed by atoms with Gasteiger partial charge in [-0.1, -0.05) is 5.21 Å². The Bertz CT molecular complexity index is 623. The molecule has 0 aromatic carbocycles. The third-order valence-electron chi connectivity index (χ3n) is 3.55. The van der Waals surface area contributed by atoms with Crippen LogP contribution < -0.4 is 0 Å². The molecular weight excluding hydrogens is 288 g/mol. The van der Waals surface area contributed by atoms with Crippen molar-refractivity contribution in [2.45, 2.75) is 26.1 Å². The maximum absolute atomic E-state index is 12.4. The Morgan fingerprint density at radius 1 is 1.45 bits per heavy atom. The molecule has 1 aliphatic rings. The normalized spacial score (nSPS) is 14.7. The Kier molecular flexibility index (Phi) is 4.50. The van der Waals surface area contributed by atoms with Crippen LogP contribution in [-0.2, 0) is 24.4 Å². The van der Waals surface area contributed by atoms with Gasteiger partial charge in [-0.25, -0.2) is 4.68 Å². The van der Waals surface area contributed by atoms with Gasteiger partial charge in [-0.15, -0.1) is 5.10 Å². The van der Waals surface area contributed by atoms with Crippen LogP contribution in [0.4, 0.5) is 0 Å². The lowest BCUT2D eigenvalue weighted by atomic mass is 10.3. The number of ether oxygens (including phenoxy) is 1. The van der Waals surface area contributed by atoms with E-state index < -0.39 is 0 Å². The quantitative estimate of drug-likeness (QED) is 0.805. The zero-order valence-electron chi connectivity index (χ0n) is 12.1. The first-order chi connectivity index (χ1) is 10.8. The molecule has 0 aliphatic carbocycles. The SMILES string of the molecule is O=C(c1ccco1)N1CCCn2nnc(COCCO)c2C1. The number of carbonyl (C=O) groups is 1. The molecule has 1 amide bonds. The van der Waals surface area contributed by atoms with Crippen LogP contribution in [0.5, 0.6) is 0 Å². The highest BCUT2D eigenvalue weighted by Crippen LogP contribution is 2.17. The van der Waals surface area contributed by atoms with Crippen molar-refractivity contribution in [2.24, 2.45) is 0 Å². The number of hydrogen-bond acceptors (Lipinski definition) is 6. The minimum atomic E-state index is -0.137. The van der Waals surface area contributed by atoms with Gasteiger partial charge in [0.05, 0.1) is 38.3 Å². The number of aliphatic hydroxyl groups is 1. The Morgan fingerprint density at radius 3 is 3.14 bits per heavy atom. The summed E-state index contributed by atoms with van der Waals surface area (Å²) in [5, 5.41) is 17.0. The summed E-state index contributed by atoms with van der Waals surface area (Å²) in [5.74, 6) is 0.195. The minimum Gasteiger partial charge on any atom is -0.459 e. The van der Waals surface area contributed by atoms with E-state index in [-0.39, 0.29) is 25.7 Å².